The molecule has 0 spiro atoms. The number of anilines is 1. The maximum absolute atomic E-state index is 13.0. The molecule has 3 heterocycles. The molecule has 0 radical (unpaired) electrons. The first-order chi connectivity index (χ1) is 14.6. The van der Waals surface area contributed by atoms with Crippen LogP contribution in [0.25, 0.3) is 0 Å². The van der Waals surface area contributed by atoms with Crippen LogP contribution in [-0.4, -0.2) is 28.2 Å². The molecular formula is C20H19FN4O4S. The molecule has 8 nitrogen and oxygen atoms in total. The Morgan fingerprint density at radius 3 is 2.80 bits per heavy atom. The summed E-state index contributed by atoms with van der Waals surface area (Å²) >= 11 is 1.69. The zero-order chi connectivity index (χ0) is 20.9. The van der Waals surface area contributed by atoms with Gasteiger partial charge in [-0.15, -0.1) is 0 Å². The van der Waals surface area contributed by atoms with E-state index in [1.165, 1.54) is 28.9 Å². The van der Waals surface area contributed by atoms with Crippen molar-refractivity contribution in [3.05, 3.63) is 65.5 Å². The Morgan fingerprint density at radius 2 is 2.03 bits per heavy atom. The van der Waals surface area contributed by atoms with Gasteiger partial charge in [-0.1, -0.05) is 0 Å². The molecule has 30 heavy (non-hydrogen) atoms. The van der Waals surface area contributed by atoms with E-state index < -0.39 is 5.91 Å². The summed E-state index contributed by atoms with van der Waals surface area (Å²) in [5.74, 6) is 1.94. The van der Waals surface area contributed by atoms with Crippen LogP contribution < -0.4 is 15.4 Å². The summed E-state index contributed by atoms with van der Waals surface area (Å²) in [5, 5.41) is 10.0. The third-order valence-electron chi connectivity index (χ3n) is 4.39. The van der Waals surface area contributed by atoms with Gasteiger partial charge < -0.3 is 19.8 Å². The minimum Gasteiger partial charge on any atom is -0.484 e. The smallest absolute Gasteiger partial charge is 0.263 e. The number of nitrogens with zero attached hydrogens (tertiary/aromatic N) is 2. The van der Waals surface area contributed by atoms with Crippen LogP contribution in [-0.2, 0) is 34.2 Å². The topological polar surface area (TPSA) is 98.4 Å². The van der Waals surface area contributed by atoms with Gasteiger partial charge in [-0.2, -0.15) is 16.9 Å². The molecule has 0 saturated heterocycles. The number of carbonyl (C=O) groups excluding carboxylic acids is 2. The highest BCUT2D eigenvalue weighted by molar-refractivity contribution is 7.98. The van der Waals surface area contributed by atoms with E-state index in [0.717, 1.165) is 17.0 Å². The molecule has 4 rings (SSSR count). The molecule has 156 valence electrons. The van der Waals surface area contributed by atoms with Gasteiger partial charge >= 0.3 is 0 Å². The maximum atomic E-state index is 13.0. The Morgan fingerprint density at radius 1 is 1.20 bits per heavy atom. The summed E-state index contributed by atoms with van der Waals surface area (Å²) in [6.45, 7) is -0.00784. The van der Waals surface area contributed by atoms with Crippen molar-refractivity contribution < 1.29 is 23.1 Å². The third-order valence-corrected chi connectivity index (χ3v) is 5.36. The number of hydrogen-bond acceptors (Lipinski definition) is 6. The first-order valence-corrected chi connectivity index (χ1v) is 10.4. The largest absolute Gasteiger partial charge is 0.484 e. The number of thioether (sulfide) groups is 1. The summed E-state index contributed by atoms with van der Waals surface area (Å²) in [6, 6.07) is 8.93. The molecule has 0 fully saturated rings. The van der Waals surface area contributed by atoms with Crippen molar-refractivity contribution >= 4 is 29.4 Å². The SMILES string of the molecule is O=C(Cn1nc2c(c1NC(=O)COc1ccc(F)cc1)CSC2)NCc1ccco1. The summed E-state index contributed by atoms with van der Waals surface area (Å²) in [6.07, 6.45) is 1.54. The van der Waals surface area contributed by atoms with Gasteiger partial charge in [0.15, 0.2) is 6.61 Å². The number of benzene rings is 1. The number of furan rings is 1. The number of hydrogen-bond donors (Lipinski definition) is 2. The second kappa shape index (κ2) is 9.04. The fourth-order valence-corrected chi connectivity index (χ4v) is 3.99. The van der Waals surface area contributed by atoms with Gasteiger partial charge in [0.25, 0.3) is 5.91 Å². The van der Waals surface area contributed by atoms with E-state index in [0.29, 0.717) is 23.1 Å². The van der Waals surface area contributed by atoms with E-state index in [2.05, 4.69) is 15.7 Å². The molecule has 0 atom stereocenters. The molecule has 0 saturated carbocycles. The Hall–Kier alpha value is -3.27. The predicted octanol–water partition coefficient (Wildman–Crippen LogP) is 2.70. The van der Waals surface area contributed by atoms with Crippen molar-refractivity contribution in [2.75, 3.05) is 11.9 Å². The van der Waals surface area contributed by atoms with E-state index in [-0.39, 0.29) is 31.4 Å². The number of amides is 2. The number of nitrogens with one attached hydrogen (secondary N) is 2. The van der Waals surface area contributed by atoms with E-state index in [1.54, 1.807) is 30.2 Å². The lowest BCUT2D eigenvalue weighted by Crippen LogP contribution is -2.29. The summed E-state index contributed by atoms with van der Waals surface area (Å²) < 4.78 is 25.0. The molecule has 1 aliphatic heterocycles. The monoisotopic (exact) mass is 430 g/mol. The highest BCUT2D eigenvalue weighted by Gasteiger charge is 2.25. The lowest BCUT2D eigenvalue weighted by molar-refractivity contribution is -0.122. The second-order valence-electron chi connectivity index (χ2n) is 6.57. The molecule has 3 aromatic rings. The van der Waals surface area contributed by atoms with Crippen LogP contribution in [0.1, 0.15) is 17.0 Å². The average Bonchev–Trinajstić information content (AvgIpc) is 3.46. The first-order valence-electron chi connectivity index (χ1n) is 9.22. The lowest BCUT2D eigenvalue weighted by Gasteiger charge is -2.12. The van der Waals surface area contributed by atoms with Gasteiger partial charge in [0.05, 0.1) is 18.5 Å². The quantitative estimate of drug-likeness (QED) is 0.570. The lowest BCUT2D eigenvalue weighted by atomic mass is 10.3. The molecule has 0 bridgehead atoms. The fraction of sp³-hybridized carbons (Fsp3) is 0.250. The molecule has 1 aromatic carbocycles. The Bertz CT molecular complexity index is 1030. The Labute approximate surface area is 175 Å². The number of rotatable bonds is 8. The fourth-order valence-electron chi connectivity index (χ4n) is 2.96. The molecule has 0 unspecified atom stereocenters. The van der Waals surface area contributed by atoms with Crippen molar-refractivity contribution in [2.24, 2.45) is 0 Å². The number of aromatic nitrogens is 2. The van der Waals surface area contributed by atoms with Crippen molar-refractivity contribution in [3.8, 4) is 5.75 Å². The maximum Gasteiger partial charge on any atom is 0.263 e. The van der Waals surface area contributed by atoms with Crippen molar-refractivity contribution in [1.29, 1.82) is 0 Å². The van der Waals surface area contributed by atoms with Crippen LogP contribution in [0.3, 0.4) is 0 Å². The molecule has 2 aromatic heterocycles. The second-order valence-corrected chi connectivity index (χ2v) is 7.56. The molecule has 2 N–H and O–H groups in total. The average molecular weight is 430 g/mol. The summed E-state index contributed by atoms with van der Waals surface area (Å²) in [7, 11) is 0. The van der Waals surface area contributed by atoms with E-state index in [9.17, 15) is 14.0 Å². The minimum atomic E-state index is -0.392. The van der Waals surface area contributed by atoms with Crippen LogP contribution >= 0.6 is 11.8 Å². The van der Waals surface area contributed by atoms with E-state index in [4.69, 9.17) is 9.15 Å². The number of carbonyl (C=O) groups is 2. The van der Waals surface area contributed by atoms with Gasteiger partial charge in [-0.05, 0) is 36.4 Å². The van der Waals surface area contributed by atoms with Crippen LogP contribution in [0.4, 0.5) is 10.2 Å². The minimum absolute atomic E-state index is 0.0349. The van der Waals surface area contributed by atoms with Crippen LogP contribution in [0.5, 0.6) is 5.75 Å². The van der Waals surface area contributed by atoms with E-state index >= 15 is 0 Å². The number of halogens is 1. The highest BCUT2D eigenvalue weighted by atomic mass is 32.2. The summed E-state index contributed by atoms with van der Waals surface area (Å²) in [4.78, 5) is 24.7. The molecule has 1 aliphatic rings. The zero-order valence-corrected chi connectivity index (χ0v) is 16.7. The van der Waals surface area contributed by atoms with Crippen molar-refractivity contribution in [1.82, 2.24) is 15.1 Å². The van der Waals surface area contributed by atoms with Crippen LogP contribution in [0.15, 0.2) is 47.1 Å². The normalized spacial score (nSPS) is 12.4. The zero-order valence-electron chi connectivity index (χ0n) is 15.9. The molecule has 0 aliphatic carbocycles. The van der Waals surface area contributed by atoms with E-state index in [1.807, 2.05) is 0 Å². The standard InChI is InChI=1S/C20H19FN4O4S/c21-13-3-5-14(6-4-13)29-10-19(27)23-20-16-11-30-12-17(16)24-25(20)9-18(26)22-8-15-2-1-7-28-15/h1-7H,8-12H2,(H,22,26)(H,23,27). The van der Waals surface area contributed by atoms with Crippen LogP contribution in [0.2, 0.25) is 0 Å². The highest BCUT2D eigenvalue weighted by Crippen LogP contribution is 2.34. The number of fused-ring (bicyclic) bond motifs is 1. The van der Waals surface area contributed by atoms with Gasteiger partial charge in [-0.3, -0.25) is 9.59 Å². The summed E-state index contributed by atoms with van der Waals surface area (Å²) in [5.41, 5.74) is 1.77. The van der Waals surface area contributed by atoms with Gasteiger partial charge in [0, 0.05) is 17.1 Å². The third kappa shape index (κ3) is 4.82. The molecular weight excluding hydrogens is 411 g/mol. The van der Waals surface area contributed by atoms with Gasteiger partial charge in [-0.25, -0.2) is 9.07 Å². The Kier molecular flexibility index (Phi) is 6.03. The molecule has 10 heteroatoms. The Balaban J connectivity index is 1.38. The predicted molar refractivity (Wildman–Crippen MR) is 108 cm³/mol. The number of ether oxygens (including phenoxy) is 1. The van der Waals surface area contributed by atoms with Crippen molar-refractivity contribution in [3.63, 3.8) is 0 Å². The van der Waals surface area contributed by atoms with Crippen molar-refractivity contribution in [2.45, 2.75) is 24.6 Å². The molecule has 2 amide bonds. The van der Waals surface area contributed by atoms with Crippen LogP contribution in [0, 0.1) is 5.82 Å². The van der Waals surface area contributed by atoms with Gasteiger partial charge in [0.1, 0.15) is 29.7 Å². The van der Waals surface area contributed by atoms with Gasteiger partial charge in [0.2, 0.25) is 5.91 Å². The first kappa shape index (κ1) is 20.0.